The lowest BCUT2D eigenvalue weighted by molar-refractivity contribution is -0.137. The van der Waals surface area contributed by atoms with Crippen LogP contribution in [0.15, 0.2) is 41.0 Å². The quantitative estimate of drug-likeness (QED) is 0.894. The average molecular weight is 306 g/mol. The predicted octanol–water partition coefficient (Wildman–Crippen LogP) is 4.10. The van der Waals surface area contributed by atoms with Crippen molar-refractivity contribution in [3.8, 4) is 0 Å². The highest BCUT2D eigenvalue weighted by atomic mass is 35.5. The molecule has 20 heavy (non-hydrogen) atoms. The minimum absolute atomic E-state index is 0.00513. The van der Waals surface area contributed by atoms with Crippen molar-refractivity contribution in [1.29, 1.82) is 0 Å². The smallest absolute Gasteiger partial charge is 0.418 e. The summed E-state index contributed by atoms with van der Waals surface area (Å²) >= 11 is 5.57. The Bertz CT molecular complexity index is 569. The van der Waals surface area contributed by atoms with Crippen LogP contribution in [-0.4, -0.2) is 11.7 Å². The van der Waals surface area contributed by atoms with Gasteiger partial charge in [0.25, 0.3) is 0 Å². The van der Waals surface area contributed by atoms with E-state index in [1.807, 2.05) is 0 Å². The molecule has 1 unspecified atom stereocenters. The van der Waals surface area contributed by atoms with Crippen molar-refractivity contribution in [3.63, 3.8) is 0 Å². The summed E-state index contributed by atoms with van der Waals surface area (Å²) in [5.41, 5.74) is -1.02. The van der Waals surface area contributed by atoms with Crippen molar-refractivity contribution in [2.45, 2.75) is 12.3 Å². The van der Waals surface area contributed by atoms with Crippen molar-refractivity contribution >= 4 is 17.3 Å². The number of benzene rings is 1. The molecule has 2 rings (SSSR count). The van der Waals surface area contributed by atoms with Gasteiger partial charge in [0.2, 0.25) is 0 Å². The van der Waals surface area contributed by atoms with Gasteiger partial charge in [-0.3, -0.25) is 0 Å². The van der Waals surface area contributed by atoms with Crippen LogP contribution in [0, 0.1) is 0 Å². The lowest BCUT2D eigenvalue weighted by Crippen LogP contribution is -2.15. The normalized spacial score (nSPS) is 13.2. The second-order valence-electron chi connectivity index (χ2n) is 4.10. The number of halogens is 4. The highest BCUT2D eigenvalue weighted by molar-refractivity contribution is 6.30. The number of furan rings is 1. The summed E-state index contributed by atoms with van der Waals surface area (Å²) in [4.78, 5) is 0. The molecule has 0 amide bonds. The van der Waals surface area contributed by atoms with E-state index in [2.05, 4.69) is 5.32 Å². The first-order valence-electron chi connectivity index (χ1n) is 5.70. The van der Waals surface area contributed by atoms with Crippen LogP contribution in [0.1, 0.15) is 17.4 Å². The summed E-state index contributed by atoms with van der Waals surface area (Å²) in [5, 5.41) is 12.3. The molecule has 1 atom stereocenters. The van der Waals surface area contributed by atoms with Crippen LogP contribution >= 0.6 is 11.6 Å². The molecule has 108 valence electrons. The third-order valence-corrected chi connectivity index (χ3v) is 2.88. The van der Waals surface area contributed by atoms with Gasteiger partial charge in [0.05, 0.1) is 11.8 Å². The maximum atomic E-state index is 12.8. The molecule has 1 heterocycles. The van der Waals surface area contributed by atoms with E-state index < -0.39 is 17.8 Å². The van der Waals surface area contributed by atoms with E-state index in [1.54, 1.807) is 12.1 Å². The number of hydrogen-bond donors (Lipinski definition) is 2. The molecule has 0 fully saturated rings. The molecule has 3 nitrogen and oxygen atoms in total. The Morgan fingerprint density at radius 3 is 2.65 bits per heavy atom. The van der Waals surface area contributed by atoms with E-state index in [-0.39, 0.29) is 23.0 Å². The Hall–Kier alpha value is -1.66. The van der Waals surface area contributed by atoms with E-state index in [9.17, 15) is 18.3 Å². The summed E-state index contributed by atoms with van der Waals surface area (Å²) in [6.07, 6.45) is -4.19. The first kappa shape index (κ1) is 14.7. The van der Waals surface area contributed by atoms with Crippen molar-refractivity contribution in [2.75, 3.05) is 11.9 Å². The van der Waals surface area contributed by atoms with Crippen LogP contribution in [-0.2, 0) is 6.18 Å². The second kappa shape index (κ2) is 5.76. The molecule has 0 aliphatic rings. The molecule has 0 aliphatic carbocycles. The number of nitrogens with one attached hydrogen (secondary N) is 1. The molecule has 0 saturated carbocycles. The monoisotopic (exact) mass is 305 g/mol. The Labute approximate surface area is 118 Å². The van der Waals surface area contributed by atoms with Gasteiger partial charge in [0.15, 0.2) is 0 Å². The Morgan fingerprint density at radius 2 is 2.05 bits per heavy atom. The molecular weight excluding hydrogens is 295 g/mol. The van der Waals surface area contributed by atoms with Crippen LogP contribution in [0.4, 0.5) is 18.9 Å². The first-order valence-corrected chi connectivity index (χ1v) is 6.08. The van der Waals surface area contributed by atoms with Crippen LogP contribution in [0.5, 0.6) is 0 Å². The number of rotatable bonds is 4. The largest absolute Gasteiger partial charge is 0.467 e. The topological polar surface area (TPSA) is 45.4 Å². The third-order valence-electron chi connectivity index (χ3n) is 2.64. The van der Waals surface area contributed by atoms with Gasteiger partial charge in [-0.05, 0) is 30.3 Å². The molecule has 2 aromatic rings. The zero-order chi connectivity index (χ0) is 14.8. The summed E-state index contributed by atoms with van der Waals surface area (Å²) < 4.78 is 43.5. The van der Waals surface area contributed by atoms with Gasteiger partial charge in [-0.2, -0.15) is 13.2 Å². The summed E-state index contributed by atoms with van der Waals surface area (Å²) in [6, 6.07) is 6.53. The van der Waals surface area contributed by atoms with Gasteiger partial charge < -0.3 is 14.8 Å². The lowest BCUT2D eigenvalue weighted by atomic mass is 10.1. The molecule has 1 aromatic heterocycles. The zero-order valence-corrected chi connectivity index (χ0v) is 10.9. The van der Waals surface area contributed by atoms with Crippen LogP contribution in [0.25, 0.3) is 0 Å². The van der Waals surface area contributed by atoms with E-state index in [1.165, 1.54) is 18.4 Å². The molecule has 0 bridgehead atoms. The number of alkyl halides is 3. The van der Waals surface area contributed by atoms with Crippen molar-refractivity contribution in [3.05, 3.63) is 52.9 Å². The van der Waals surface area contributed by atoms with E-state index in [0.717, 1.165) is 6.07 Å². The average Bonchev–Trinajstić information content (AvgIpc) is 2.89. The number of hydrogen-bond acceptors (Lipinski definition) is 3. The highest BCUT2D eigenvalue weighted by Crippen LogP contribution is 2.36. The molecule has 2 N–H and O–H groups in total. The molecule has 0 radical (unpaired) electrons. The summed E-state index contributed by atoms with van der Waals surface area (Å²) in [7, 11) is 0. The number of aliphatic hydroxyl groups excluding tert-OH is 1. The zero-order valence-electron chi connectivity index (χ0n) is 10.1. The lowest BCUT2D eigenvalue weighted by Gasteiger charge is -2.16. The van der Waals surface area contributed by atoms with Gasteiger partial charge in [0, 0.05) is 17.3 Å². The van der Waals surface area contributed by atoms with Gasteiger partial charge in [0.1, 0.15) is 11.9 Å². The van der Waals surface area contributed by atoms with E-state index in [4.69, 9.17) is 16.0 Å². The van der Waals surface area contributed by atoms with Crippen LogP contribution in [0.3, 0.4) is 0 Å². The standard InChI is InChI=1S/C13H11ClF3NO2/c14-8-3-4-10(9(6-8)13(15,16)17)18-7-11(19)12-2-1-5-20-12/h1-6,11,18-19H,7H2. The molecule has 7 heteroatoms. The third kappa shape index (κ3) is 3.46. The molecule has 0 saturated heterocycles. The Balaban J connectivity index is 2.13. The number of anilines is 1. The van der Waals surface area contributed by atoms with Gasteiger partial charge in [-0.15, -0.1) is 0 Å². The fourth-order valence-electron chi connectivity index (χ4n) is 1.69. The maximum Gasteiger partial charge on any atom is 0.418 e. The van der Waals surface area contributed by atoms with Gasteiger partial charge >= 0.3 is 6.18 Å². The van der Waals surface area contributed by atoms with Gasteiger partial charge in [-0.25, -0.2) is 0 Å². The van der Waals surface area contributed by atoms with E-state index >= 15 is 0 Å². The maximum absolute atomic E-state index is 12.8. The molecule has 0 aliphatic heterocycles. The first-order chi connectivity index (χ1) is 9.38. The minimum atomic E-state index is -4.52. The summed E-state index contributed by atoms with van der Waals surface area (Å²) in [6.45, 7) is -0.113. The SMILES string of the molecule is OC(CNc1ccc(Cl)cc1C(F)(F)F)c1ccco1. The van der Waals surface area contributed by atoms with Crippen molar-refractivity contribution in [1.82, 2.24) is 0 Å². The fraction of sp³-hybridized carbons (Fsp3) is 0.231. The van der Waals surface area contributed by atoms with Crippen molar-refractivity contribution < 1.29 is 22.7 Å². The fourth-order valence-corrected chi connectivity index (χ4v) is 1.87. The molecule has 0 spiro atoms. The summed E-state index contributed by atoms with van der Waals surface area (Å²) in [5.74, 6) is 0.278. The Morgan fingerprint density at radius 1 is 1.30 bits per heavy atom. The highest BCUT2D eigenvalue weighted by Gasteiger charge is 2.33. The predicted molar refractivity (Wildman–Crippen MR) is 68.6 cm³/mol. The molecule has 1 aromatic carbocycles. The molecular formula is C13H11ClF3NO2. The Kier molecular flexibility index (Phi) is 4.25. The second-order valence-corrected chi connectivity index (χ2v) is 4.54. The van der Waals surface area contributed by atoms with E-state index in [0.29, 0.717) is 0 Å². The van der Waals surface area contributed by atoms with Crippen LogP contribution in [0.2, 0.25) is 5.02 Å². The van der Waals surface area contributed by atoms with Gasteiger partial charge in [-0.1, -0.05) is 11.6 Å². The van der Waals surface area contributed by atoms with Crippen LogP contribution < -0.4 is 5.32 Å². The minimum Gasteiger partial charge on any atom is -0.467 e. The number of aliphatic hydroxyl groups is 1. The van der Waals surface area contributed by atoms with Crippen molar-refractivity contribution in [2.24, 2.45) is 0 Å².